The highest BCUT2D eigenvalue weighted by molar-refractivity contribution is 14.0. The van der Waals surface area contributed by atoms with E-state index >= 15 is 0 Å². The number of hydrogen-bond acceptors (Lipinski definition) is 4. The molecule has 2 rings (SSSR count). The number of rotatable bonds is 9. The smallest absolute Gasteiger partial charge is 0.230 e. The Morgan fingerprint density at radius 3 is 2.27 bits per heavy atom. The van der Waals surface area contributed by atoms with Crippen LogP contribution < -0.4 is 14.8 Å². The molecule has 0 unspecified atom stereocenters. The van der Waals surface area contributed by atoms with Gasteiger partial charge >= 0.3 is 0 Å². The summed E-state index contributed by atoms with van der Waals surface area (Å²) in [6.07, 6.45) is 4.02. The van der Waals surface area contributed by atoms with Crippen LogP contribution in [0.4, 0.5) is 0 Å². The molecule has 170 valence electrons. The van der Waals surface area contributed by atoms with Crippen LogP contribution in [0.3, 0.4) is 0 Å². The monoisotopic (exact) mass is 532 g/mol. The minimum Gasteiger partial charge on any atom is -0.497 e. The number of halogens is 1. The molecule has 0 spiro atoms. The number of ether oxygens (including phenoxy) is 2. The van der Waals surface area contributed by atoms with Crippen LogP contribution in [-0.2, 0) is 4.79 Å². The Bertz CT molecular complexity index is 673. The third-order valence-electron chi connectivity index (χ3n) is 5.40. The molecule has 0 radical (unpaired) electrons. The molecule has 0 aliphatic heterocycles. The SMILES string of the molecule is CCNC(=NCC1(C(=O)N(C)C)CCCC1)N(C)CCOc1ccc(OC)cc1.I. The lowest BCUT2D eigenvalue weighted by atomic mass is 9.85. The Kier molecular flexibility index (Phi) is 11.3. The fourth-order valence-electron chi connectivity index (χ4n) is 3.74. The van der Waals surface area contributed by atoms with Gasteiger partial charge in [0, 0.05) is 27.7 Å². The van der Waals surface area contributed by atoms with E-state index < -0.39 is 0 Å². The van der Waals surface area contributed by atoms with Crippen molar-refractivity contribution in [2.75, 3.05) is 54.5 Å². The van der Waals surface area contributed by atoms with Crippen molar-refractivity contribution in [1.29, 1.82) is 0 Å². The zero-order valence-corrected chi connectivity index (χ0v) is 21.3. The summed E-state index contributed by atoms with van der Waals surface area (Å²) in [5.74, 6) is 2.62. The first kappa shape index (κ1) is 26.3. The normalized spacial score (nSPS) is 15.2. The average molecular weight is 532 g/mol. The van der Waals surface area contributed by atoms with Gasteiger partial charge in [-0.1, -0.05) is 12.8 Å². The van der Waals surface area contributed by atoms with Crippen LogP contribution in [0.5, 0.6) is 11.5 Å². The van der Waals surface area contributed by atoms with Crippen molar-refractivity contribution in [3.8, 4) is 11.5 Å². The van der Waals surface area contributed by atoms with Gasteiger partial charge in [-0.15, -0.1) is 24.0 Å². The van der Waals surface area contributed by atoms with Crippen molar-refractivity contribution in [2.24, 2.45) is 10.4 Å². The zero-order chi connectivity index (χ0) is 21.3. The van der Waals surface area contributed by atoms with Gasteiger partial charge in [-0.05, 0) is 44.0 Å². The molecule has 1 N–H and O–H groups in total. The van der Waals surface area contributed by atoms with Gasteiger partial charge in [0.05, 0.1) is 25.6 Å². The molecule has 1 aromatic carbocycles. The number of aliphatic imine (C=N–C) groups is 1. The lowest BCUT2D eigenvalue weighted by Crippen LogP contribution is -2.44. The molecule has 0 heterocycles. The number of methoxy groups -OCH3 is 1. The summed E-state index contributed by atoms with van der Waals surface area (Å²) in [6.45, 7) is 4.57. The number of carbonyl (C=O) groups excluding carboxylic acids is 1. The third kappa shape index (κ3) is 7.21. The average Bonchev–Trinajstić information content (AvgIpc) is 3.20. The molecule has 7 nitrogen and oxygen atoms in total. The second-order valence-electron chi connectivity index (χ2n) is 7.80. The third-order valence-corrected chi connectivity index (χ3v) is 5.40. The van der Waals surface area contributed by atoms with Gasteiger partial charge in [0.2, 0.25) is 5.91 Å². The number of guanidine groups is 1. The Balaban J connectivity index is 0.00000450. The van der Waals surface area contributed by atoms with E-state index in [1.807, 2.05) is 52.3 Å². The highest BCUT2D eigenvalue weighted by Gasteiger charge is 2.42. The van der Waals surface area contributed by atoms with Crippen molar-refractivity contribution in [2.45, 2.75) is 32.6 Å². The molecule has 1 aromatic rings. The first-order chi connectivity index (χ1) is 13.9. The van der Waals surface area contributed by atoms with Crippen LogP contribution in [0.1, 0.15) is 32.6 Å². The maximum absolute atomic E-state index is 12.8. The molecule has 30 heavy (non-hydrogen) atoms. The van der Waals surface area contributed by atoms with Gasteiger partial charge in [0.15, 0.2) is 5.96 Å². The standard InChI is InChI=1S/C22H36N4O3.HI/c1-6-23-21(24-17-22(13-7-8-14-22)20(27)25(2)3)26(4)15-16-29-19-11-9-18(28-5)10-12-19;/h9-12H,6-8,13-17H2,1-5H3,(H,23,24);1H. The number of likely N-dealkylation sites (N-methyl/N-ethyl adjacent to an activating group) is 1. The van der Waals surface area contributed by atoms with Crippen molar-refractivity contribution in [1.82, 2.24) is 15.1 Å². The van der Waals surface area contributed by atoms with E-state index in [0.717, 1.165) is 49.7 Å². The van der Waals surface area contributed by atoms with Crippen LogP contribution in [-0.4, -0.2) is 76.2 Å². The van der Waals surface area contributed by atoms with Crippen LogP contribution >= 0.6 is 24.0 Å². The number of amides is 1. The Morgan fingerprint density at radius 2 is 1.73 bits per heavy atom. The number of nitrogens with one attached hydrogen (secondary N) is 1. The van der Waals surface area contributed by atoms with Gasteiger partial charge in [0.1, 0.15) is 18.1 Å². The van der Waals surface area contributed by atoms with Crippen molar-refractivity contribution < 1.29 is 14.3 Å². The van der Waals surface area contributed by atoms with E-state index in [1.54, 1.807) is 12.0 Å². The predicted octanol–water partition coefficient (Wildman–Crippen LogP) is 3.24. The van der Waals surface area contributed by atoms with Crippen LogP contribution in [0.2, 0.25) is 0 Å². The summed E-state index contributed by atoms with van der Waals surface area (Å²) in [4.78, 5) is 21.4. The minimum atomic E-state index is -0.357. The summed E-state index contributed by atoms with van der Waals surface area (Å²) in [5.41, 5.74) is -0.357. The minimum absolute atomic E-state index is 0. The summed E-state index contributed by atoms with van der Waals surface area (Å²) >= 11 is 0. The molecule has 0 aromatic heterocycles. The van der Waals surface area contributed by atoms with E-state index in [9.17, 15) is 4.79 Å². The highest BCUT2D eigenvalue weighted by atomic mass is 127. The van der Waals surface area contributed by atoms with Gasteiger partial charge in [-0.25, -0.2) is 0 Å². The molecule has 1 fully saturated rings. The fraction of sp³-hybridized carbons (Fsp3) is 0.636. The first-order valence-electron chi connectivity index (χ1n) is 10.4. The quantitative estimate of drug-likeness (QED) is 0.301. The van der Waals surface area contributed by atoms with E-state index in [4.69, 9.17) is 14.5 Å². The lowest BCUT2D eigenvalue weighted by molar-refractivity contribution is -0.138. The number of hydrogen-bond donors (Lipinski definition) is 1. The highest BCUT2D eigenvalue weighted by Crippen LogP contribution is 2.39. The van der Waals surface area contributed by atoms with Gasteiger partial charge < -0.3 is 24.6 Å². The molecule has 1 aliphatic carbocycles. The molecule has 1 aliphatic rings. The second-order valence-corrected chi connectivity index (χ2v) is 7.80. The topological polar surface area (TPSA) is 66.4 Å². The summed E-state index contributed by atoms with van der Waals surface area (Å²) in [7, 11) is 7.31. The van der Waals surface area contributed by atoms with E-state index in [1.165, 1.54) is 0 Å². The molecule has 1 amide bonds. The predicted molar refractivity (Wildman–Crippen MR) is 132 cm³/mol. The molecular weight excluding hydrogens is 495 g/mol. The van der Waals surface area contributed by atoms with Crippen molar-refractivity contribution >= 4 is 35.8 Å². The maximum atomic E-state index is 12.8. The van der Waals surface area contributed by atoms with E-state index in [-0.39, 0.29) is 35.3 Å². The molecule has 0 bridgehead atoms. The van der Waals surface area contributed by atoms with Crippen LogP contribution in [0.15, 0.2) is 29.3 Å². The molecule has 8 heteroatoms. The van der Waals surface area contributed by atoms with Gasteiger partial charge in [0.25, 0.3) is 0 Å². The van der Waals surface area contributed by atoms with Gasteiger partial charge in [-0.3, -0.25) is 9.79 Å². The van der Waals surface area contributed by atoms with Crippen LogP contribution in [0.25, 0.3) is 0 Å². The Morgan fingerprint density at radius 1 is 1.13 bits per heavy atom. The summed E-state index contributed by atoms with van der Waals surface area (Å²) in [5, 5.41) is 3.33. The molecular formula is C22H37IN4O3. The molecule has 1 saturated carbocycles. The van der Waals surface area contributed by atoms with Crippen molar-refractivity contribution in [3.05, 3.63) is 24.3 Å². The number of carbonyl (C=O) groups is 1. The summed E-state index contributed by atoms with van der Waals surface area (Å²) in [6, 6.07) is 7.56. The number of benzene rings is 1. The van der Waals surface area contributed by atoms with Gasteiger partial charge in [-0.2, -0.15) is 0 Å². The maximum Gasteiger partial charge on any atom is 0.230 e. The number of nitrogens with zero attached hydrogens (tertiary/aromatic N) is 3. The Hall–Kier alpha value is -1.71. The van der Waals surface area contributed by atoms with E-state index in [0.29, 0.717) is 19.7 Å². The lowest BCUT2D eigenvalue weighted by Gasteiger charge is -2.30. The van der Waals surface area contributed by atoms with E-state index in [2.05, 4.69) is 10.2 Å². The fourth-order valence-corrected chi connectivity index (χ4v) is 3.74. The zero-order valence-electron chi connectivity index (χ0n) is 18.9. The molecule has 0 atom stereocenters. The van der Waals surface area contributed by atoms with Crippen LogP contribution in [0, 0.1) is 5.41 Å². The molecule has 0 saturated heterocycles. The first-order valence-corrected chi connectivity index (χ1v) is 10.4. The Labute approximate surface area is 198 Å². The second kappa shape index (κ2) is 12.9. The van der Waals surface area contributed by atoms with Crippen molar-refractivity contribution in [3.63, 3.8) is 0 Å². The largest absolute Gasteiger partial charge is 0.497 e. The summed E-state index contributed by atoms with van der Waals surface area (Å²) < 4.78 is 11.0.